The maximum Gasteiger partial charge on any atom is 0.196 e. The number of benzene rings is 1. The zero-order chi connectivity index (χ0) is 12.5. The summed E-state index contributed by atoms with van der Waals surface area (Å²) < 4.78 is 5.16. The smallest absolute Gasteiger partial charge is 0.196 e. The maximum absolute atomic E-state index is 12.3. The van der Waals surface area contributed by atoms with Crippen LogP contribution in [0.25, 0.3) is 10.9 Å². The highest BCUT2D eigenvalue weighted by atomic mass is 16.3. The van der Waals surface area contributed by atoms with Crippen molar-refractivity contribution in [2.45, 2.75) is 6.92 Å². The zero-order valence-corrected chi connectivity index (χ0v) is 9.88. The first-order chi connectivity index (χ1) is 8.75. The number of hydrogen-bond acceptors (Lipinski definition) is 3. The summed E-state index contributed by atoms with van der Waals surface area (Å²) in [5.41, 5.74) is 2.15. The summed E-state index contributed by atoms with van der Waals surface area (Å²) in [7, 11) is 0. The van der Waals surface area contributed by atoms with E-state index < -0.39 is 0 Å². The fourth-order valence-corrected chi connectivity index (χ4v) is 1.99. The molecule has 3 rings (SSSR count). The van der Waals surface area contributed by atoms with Crippen LogP contribution in [0.5, 0.6) is 0 Å². The zero-order valence-electron chi connectivity index (χ0n) is 9.88. The molecule has 2 heterocycles. The van der Waals surface area contributed by atoms with Crippen LogP contribution in [0.2, 0.25) is 0 Å². The molecule has 0 amide bonds. The van der Waals surface area contributed by atoms with Crippen molar-refractivity contribution in [3.8, 4) is 0 Å². The third-order valence-electron chi connectivity index (χ3n) is 2.97. The molecule has 0 saturated carbocycles. The molecule has 0 aliphatic rings. The molecule has 0 aliphatic heterocycles. The largest absolute Gasteiger partial charge is 0.469 e. The van der Waals surface area contributed by atoms with Crippen LogP contribution in [0.15, 0.2) is 53.3 Å². The number of carbonyl (C=O) groups is 1. The molecule has 88 valence electrons. The Hall–Kier alpha value is -2.42. The van der Waals surface area contributed by atoms with Gasteiger partial charge in [0.05, 0.1) is 17.3 Å². The summed E-state index contributed by atoms with van der Waals surface area (Å²) in [5, 5.41) is 0.962. The van der Waals surface area contributed by atoms with E-state index in [0.717, 1.165) is 10.9 Å². The number of ketones is 1. The van der Waals surface area contributed by atoms with E-state index in [1.807, 2.05) is 24.3 Å². The molecule has 0 unspecified atom stereocenters. The van der Waals surface area contributed by atoms with Crippen molar-refractivity contribution in [3.63, 3.8) is 0 Å². The summed E-state index contributed by atoms with van der Waals surface area (Å²) in [6, 6.07) is 11.0. The summed E-state index contributed by atoms with van der Waals surface area (Å²) in [5.74, 6) is 0.623. The molecule has 3 heteroatoms. The fourth-order valence-electron chi connectivity index (χ4n) is 1.99. The number of furan rings is 1. The second-order valence-corrected chi connectivity index (χ2v) is 4.13. The molecule has 3 aromatic rings. The predicted molar refractivity (Wildman–Crippen MR) is 68.6 cm³/mol. The van der Waals surface area contributed by atoms with Crippen LogP contribution in [-0.2, 0) is 0 Å². The Morgan fingerprint density at radius 2 is 2.11 bits per heavy atom. The number of rotatable bonds is 2. The lowest BCUT2D eigenvalue weighted by Crippen LogP contribution is -2.01. The first-order valence-corrected chi connectivity index (χ1v) is 5.69. The van der Waals surface area contributed by atoms with Crippen molar-refractivity contribution >= 4 is 16.7 Å². The van der Waals surface area contributed by atoms with Gasteiger partial charge in [0.15, 0.2) is 5.78 Å². The van der Waals surface area contributed by atoms with Gasteiger partial charge >= 0.3 is 0 Å². The van der Waals surface area contributed by atoms with Gasteiger partial charge in [-0.1, -0.05) is 6.07 Å². The second kappa shape index (κ2) is 4.11. The molecule has 0 fully saturated rings. The molecule has 0 N–H and O–H groups in total. The quantitative estimate of drug-likeness (QED) is 0.642. The minimum absolute atomic E-state index is 0.0213. The number of aryl methyl sites for hydroxylation is 1. The molecule has 3 nitrogen and oxygen atoms in total. The van der Waals surface area contributed by atoms with E-state index in [0.29, 0.717) is 16.9 Å². The molecular weight excluding hydrogens is 226 g/mol. The molecule has 1 aromatic carbocycles. The highest BCUT2D eigenvalue weighted by Gasteiger charge is 2.14. The molecule has 0 atom stereocenters. The Labute approximate surface area is 104 Å². The Kier molecular flexibility index (Phi) is 2.45. The van der Waals surface area contributed by atoms with Gasteiger partial charge in [-0.25, -0.2) is 0 Å². The Morgan fingerprint density at radius 3 is 2.89 bits per heavy atom. The van der Waals surface area contributed by atoms with E-state index in [1.54, 1.807) is 25.3 Å². The topological polar surface area (TPSA) is 43.1 Å². The molecule has 0 radical (unpaired) electrons. The Balaban J connectivity index is 2.10. The summed E-state index contributed by atoms with van der Waals surface area (Å²) >= 11 is 0. The molecule has 0 bridgehead atoms. The average molecular weight is 237 g/mol. The van der Waals surface area contributed by atoms with Gasteiger partial charge in [-0.3, -0.25) is 9.78 Å². The lowest BCUT2D eigenvalue weighted by molar-refractivity contribution is 0.103. The van der Waals surface area contributed by atoms with Crippen LogP contribution in [0.4, 0.5) is 0 Å². The third-order valence-corrected chi connectivity index (χ3v) is 2.97. The number of carbonyl (C=O) groups excluding carboxylic acids is 1. The molecule has 2 aromatic heterocycles. The van der Waals surface area contributed by atoms with Crippen molar-refractivity contribution < 1.29 is 9.21 Å². The van der Waals surface area contributed by atoms with E-state index in [1.165, 1.54) is 6.26 Å². The molecule has 18 heavy (non-hydrogen) atoms. The van der Waals surface area contributed by atoms with E-state index >= 15 is 0 Å². The number of nitrogens with zero attached hydrogens (tertiary/aromatic N) is 1. The van der Waals surface area contributed by atoms with E-state index in [9.17, 15) is 4.79 Å². The lowest BCUT2D eigenvalue weighted by Gasteiger charge is -2.01. The van der Waals surface area contributed by atoms with Crippen LogP contribution >= 0.6 is 0 Å². The monoisotopic (exact) mass is 237 g/mol. The van der Waals surface area contributed by atoms with Gasteiger partial charge in [0.2, 0.25) is 0 Å². The predicted octanol–water partition coefficient (Wildman–Crippen LogP) is 3.37. The van der Waals surface area contributed by atoms with Crippen molar-refractivity contribution in [2.24, 2.45) is 0 Å². The van der Waals surface area contributed by atoms with Gasteiger partial charge < -0.3 is 4.42 Å². The fraction of sp³-hybridized carbons (Fsp3) is 0.0667. The van der Waals surface area contributed by atoms with Gasteiger partial charge in [0.25, 0.3) is 0 Å². The third kappa shape index (κ3) is 1.70. The van der Waals surface area contributed by atoms with Gasteiger partial charge in [-0.05, 0) is 37.3 Å². The highest BCUT2D eigenvalue weighted by Crippen LogP contribution is 2.18. The average Bonchev–Trinajstić information content (AvgIpc) is 2.83. The Bertz CT molecular complexity index is 728. The van der Waals surface area contributed by atoms with Crippen molar-refractivity contribution in [1.82, 2.24) is 4.98 Å². The first-order valence-electron chi connectivity index (χ1n) is 5.69. The number of fused-ring (bicyclic) bond motifs is 1. The van der Waals surface area contributed by atoms with E-state index in [-0.39, 0.29) is 5.78 Å². The molecule has 0 aliphatic carbocycles. The van der Waals surface area contributed by atoms with Crippen molar-refractivity contribution in [3.05, 3.63) is 65.7 Å². The number of hydrogen-bond donors (Lipinski definition) is 0. The second-order valence-electron chi connectivity index (χ2n) is 4.13. The molecular formula is C15H11NO2. The van der Waals surface area contributed by atoms with Crippen LogP contribution < -0.4 is 0 Å². The normalized spacial score (nSPS) is 10.7. The summed E-state index contributed by atoms with van der Waals surface area (Å²) in [4.78, 5) is 16.5. The van der Waals surface area contributed by atoms with Gasteiger partial charge in [-0.2, -0.15) is 0 Å². The van der Waals surface area contributed by atoms with Gasteiger partial charge in [0.1, 0.15) is 5.76 Å². The standard InChI is InChI=1S/C15H11NO2/c1-10-13(6-8-18-10)15(17)12-4-5-14-11(9-12)3-2-7-16-14/h2-9H,1H3. The lowest BCUT2D eigenvalue weighted by atomic mass is 10.0. The van der Waals surface area contributed by atoms with E-state index in [2.05, 4.69) is 4.98 Å². The van der Waals surface area contributed by atoms with Crippen molar-refractivity contribution in [1.29, 1.82) is 0 Å². The minimum atomic E-state index is -0.0213. The highest BCUT2D eigenvalue weighted by molar-refractivity contribution is 6.11. The summed E-state index contributed by atoms with van der Waals surface area (Å²) in [6.07, 6.45) is 3.27. The molecule has 0 saturated heterocycles. The first kappa shape index (κ1) is 10.7. The van der Waals surface area contributed by atoms with Crippen molar-refractivity contribution in [2.75, 3.05) is 0 Å². The number of pyridine rings is 1. The van der Waals surface area contributed by atoms with Gasteiger partial charge in [0, 0.05) is 17.1 Å². The van der Waals surface area contributed by atoms with Crippen LogP contribution in [0, 0.1) is 6.92 Å². The SMILES string of the molecule is Cc1occc1C(=O)c1ccc2ncccc2c1. The summed E-state index contributed by atoms with van der Waals surface area (Å²) in [6.45, 7) is 1.79. The van der Waals surface area contributed by atoms with Gasteiger partial charge in [-0.15, -0.1) is 0 Å². The maximum atomic E-state index is 12.3. The minimum Gasteiger partial charge on any atom is -0.469 e. The Morgan fingerprint density at radius 1 is 1.22 bits per heavy atom. The van der Waals surface area contributed by atoms with Crippen LogP contribution in [0.3, 0.4) is 0 Å². The molecule has 0 spiro atoms. The van der Waals surface area contributed by atoms with Crippen LogP contribution in [0.1, 0.15) is 21.7 Å². The van der Waals surface area contributed by atoms with E-state index in [4.69, 9.17) is 4.42 Å². The van der Waals surface area contributed by atoms with Crippen LogP contribution in [-0.4, -0.2) is 10.8 Å². The number of aromatic nitrogens is 1.